The maximum absolute atomic E-state index is 4.98. The largest absolute Gasteiger partial charge is 0.324 e. The van der Waals surface area contributed by atoms with Crippen LogP contribution < -0.4 is 0 Å². The lowest BCUT2D eigenvalue weighted by atomic mass is 10.1. The summed E-state index contributed by atoms with van der Waals surface area (Å²) in [6.07, 6.45) is 0. The molecule has 0 saturated carbocycles. The van der Waals surface area contributed by atoms with Gasteiger partial charge in [-0.05, 0) is 38.1 Å². The van der Waals surface area contributed by atoms with Crippen LogP contribution in [-0.4, -0.2) is 19.1 Å². The lowest BCUT2D eigenvalue weighted by Crippen LogP contribution is -2.02. The van der Waals surface area contributed by atoms with E-state index < -0.39 is 0 Å². The van der Waals surface area contributed by atoms with Gasteiger partial charge in [0, 0.05) is 24.2 Å². The first-order valence-electron chi connectivity index (χ1n) is 9.82. The molecule has 0 aliphatic carbocycles. The summed E-state index contributed by atoms with van der Waals surface area (Å²) in [6, 6.07) is 25.1. The Labute approximate surface area is 164 Å². The van der Waals surface area contributed by atoms with Gasteiger partial charge in [-0.3, -0.25) is 0 Å². The van der Waals surface area contributed by atoms with Crippen molar-refractivity contribution < 1.29 is 0 Å². The summed E-state index contributed by atoms with van der Waals surface area (Å²) in [5.41, 5.74) is 6.62. The third kappa shape index (κ3) is 2.45. The zero-order chi connectivity index (χ0) is 19.1. The molecule has 0 spiro atoms. The van der Waals surface area contributed by atoms with Crippen LogP contribution in [0.1, 0.15) is 13.8 Å². The Morgan fingerprint density at radius 1 is 0.571 bits per heavy atom. The lowest BCUT2D eigenvalue weighted by molar-refractivity contribution is 0.790. The van der Waals surface area contributed by atoms with Gasteiger partial charge in [0.2, 0.25) is 0 Å². The lowest BCUT2D eigenvalue weighted by Gasteiger charge is -2.12. The summed E-state index contributed by atoms with van der Waals surface area (Å²) in [5.74, 6) is 1.99. The van der Waals surface area contributed by atoms with Crippen molar-refractivity contribution in [3.05, 3.63) is 72.8 Å². The van der Waals surface area contributed by atoms with Gasteiger partial charge in [0.1, 0.15) is 11.6 Å². The standard InChI is InChI=1S/C24H22N4/c1-3-27-21-15-9-7-13-19(21)25-23(27)17-11-5-6-12-18(17)24-26-20-14-8-10-16-22(20)28(24)4-2/h5-16H,3-4H2,1-2H3. The van der Waals surface area contributed by atoms with Gasteiger partial charge >= 0.3 is 0 Å². The van der Waals surface area contributed by atoms with Crippen LogP contribution in [0.15, 0.2) is 72.8 Å². The normalized spacial score (nSPS) is 11.5. The van der Waals surface area contributed by atoms with E-state index in [-0.39, 0.29) is 0 Å². The molecule has 0 bridgehead atoms. The molecule has 0 fully saturated rings. The van der Waals surface area contributed by atoms with Crippen LogP contribution in [0.3, 0.4) is 0 Å². The van der Waals surface area contributed by atoms with Crippen LogP contribution in [0.25, 0.3) is 44.8 Å². The van der Waals surface area contributed by atoms with E-state index in [4.69, 9.17) is 9.97 Å². The molecule has 2 aromatic heterocycles. The van der Waals surface area contributed by atoms with Crippen molar-refractivity contribution in [1.29, 1.82) is 0 Å². The second-order valence-electron chi connectivity index (χ2n) is 6.88. The number of rotatable bonds is 4. The van der Waals surface area contributed by atoms with Crippen LogP contribution >= 0.6 is 0 Å². The highest BCUT2D eigenvalue weighted by Crippen LogP contribution is 2.34. The first kappa shape index (κ1) is 16.8. The molecule has 4 heteroatoms. The van der Waals surface area contributed by atoms with Gasteiger partial charge in [-0.1, -0.05) is 48.5 Å². The molecule has 0 saturated heterocycles. The van der Waals surface area contributed by atoms with E-state index in [9.17, 15) is 0 Å². The van der Waals surface area contributed by atoms with Crippen molar-refractivity contribution in [2.75, 3.05) is 0 Å². The number of para-hydroxylation sites is 4. The second-order valence-corrected chi connectivity index (χ2v) is 6.88. The van der Waals surface area contributed by atoms with Gasteiger partial charge in [0.25, 0.3) is 0 Å². The Kier molecular flexibility index (Phi) is 3.97. The van der Waals surface area contributed by atoms with Crippen molar-refractivity contribution >= 4 is 22.1 Å². The molecule has 0 atom stereocenters. The molecular weight excluding hydrogens is 344 g/mol. The fraction of sp³-hybridized carbons (Fsp3) is 0.167. The monoisotopic (exact) mass is 366 g/mol. The maximum atomic E-state index is 4.98. The number of aryl methyl sites for hydroxylation is 2. The topological polar surface area (TPSA) is 35.6 Å². The van der Waals surface area contributed by atoms with Gasteiger partial charge in [0.05, 0.1) is 22.1 Å². The molecule has 0 radical (unpaired) electrons. The van der Waals surface area contributed by atoms with Crippen LogP contribution in [-0.2, 0) is 13.1 Å². The predicted octanol–water partition coefficient (Wildman–Crippen LogP) is 5.76. The summed E-state index contributed by atoms with van der Waals surface area (Å²) in [4.78, 5) is 9.95. The van der Waals surface area contributed by atoms with E-state index in [0.717, 1.165) is 46.9 Å². The van der Waals surface area contributed by atoms with Gasteiger partial charge in [-0.25, -0.2) is 9.97 Å². The quantitative estimate of drug-likeness (QED) is 0.405. The summed E-state index contributed by atoms with van der Waals surface area (Å²) >= 11 is 0. The number of imidazole rings is 2. The minimum absolute atomic E-state index is 0.869. The van der Waals surface area contributed by atoms with Crippen LogP contribution in [0.2, 0.25) is 0 Å². The molecular formula is C24H22N4. The first-order valence-corrected chi connectivity index (χ1v) is 9.82. The number of benzene rings is 3. The van der Waals surface area contributed by atoms with Crippen molar-refractivity contribution in [1.82, 2.24) is 19.1 Å². The van der Waals surface area contributed by atoms with Crippen LogP contribution in [0.4, 0.5) is 0 Å². The van der Waals surface area contributed by atoms with Crippen LogP contribution in [0.5, 0.6) is 0 Å². The molecule has 5 aromatic rings. The first-order chi connectivity index (χ1) is 13.8. The Hall–Kier alpha value is -3.40. The number of fused-ring (bicyclic) bond motifs is 2. The van der Waals surface area contributed by atoms with Gasteiger partial charge in [-0.15, -0.1) is 0 Å². The van der Waals surface area contributed by atoms with Gasteiger partial charge in [0.15, 0.2) is 0 Å². The Bertz CT molecular complexity index is 1190. The highest BCUT2D eigenvalue weighted by atomic mass is 15.1. The summed E-state index contributed by atoms with van der Waals surface area (Å²) in [6.45, 7) is 6.08. The molecule has 2 heterocycles. The fourth-order valence-corrected chi connectivity index (χ4v) is 4.08. The highest BCUT2D eigenvalue weighted by Gasteiger charge is 2.19. The molecule has 28 heavy (non-hydrogen) atoms. The van der Waals surface area contributed by atoms with E-state index in [1.807, 2.05) is 12.1 Å². The summed E-state index contributed by atoms with van der Waals surface area (Å²) in [7, 11) is 0. The number of hydrogen-bond acceptors (Lipinski definition) is 2. The Balaban J connectivity index is 1.80. The van der Waals surface area contributed by atoms with Crippen molar-refractivity contribution in [3.63, 3.8) is 0 Å². The minimum Gasteiger partial charge on any atom is -0.324 e. The van der Waals surface area contributed by atoms with E-state index in [1.54, 1.807) is 0 Å². The third-order valence-corrected chi connectivity index (χ3v) is 5.35. The predicted molar refractivity (Wildman–Crippen MR) is 115 cm³/mol. The summed E-state index contributed by atoms with van der Waals surface area (Å²) in [5, 5.41) is 0. The second kappa shape index (κ2) is 6.64. The van der Waals surface area contributed by atoms with E-state index >= 15 is 0 Å². The number of aromatic nitrogens is 4. The molecule has 5 rings (SSSR count). The van der Waals surface area contributed by atoms with Crippen molar-refractivity contribution in [3.8, 4) is 22.8 Å². The zero-order valence-electron chi connectivity index (χ0n) is 16.1. The SMILES string of the molecule is CCn1c(-c2ccccc2-c2nc3ccccc3n2CC)nc2ccccc21. The third-order valence-electron chi connectivity index (χ3n) is 5.35. The molecule has 138 valence electrons. The molecule has 4 nitrogen and oxygen atoms in total. The molecule has 0 aliphatic heterocycles. The molecule has 0 amide bonds. The zero-order valence-corrected chi connectivity index (χ0v) is 16.1. The molecule has 3 aromatic carbocycles. The van der Waals surface area contributed by atoms with Crippen molar-refractivity contribution in [2.45, 2.75) is 26.9 Å². The maximum Gasteiger partial charge on any atom is 0.141 e. The van der Waals surface area contributed by atoms with E-state index in [2.05, 4.69) is 83.6 Å². The average molecular weight is 366 g/mol. The number of nitrogens with zero attached hydrogens (tertiary/aromatic N) is 4. The summed E-state index contributed by atoms with van der Waals surface area (Å²) < 4.78 is 4.57. The smallest absolute Gasteiger partial charge is 0.141 e. The molecule has 0 N–H and O–H groups in total. The average Bonchev–Trinajstić information content (AvgIpc) is 3.31. The molecule has 0 unspecified atom stereocenters. The van der Waals surface area contributed by atoms with Crippen molar-refractivity contribution in [2.24, 2.45) is 0 Å². The minimum atomic E-state index is 0.869. The Morgan fingerprint density at radius 2 is 0.964 bits per heavy atom. The van der Waals surface area contributed by atoms with E-state index in [0.29, 0.717) is 0 Å². The molecule has 0 aliphatic rings. The number of hydrogen-bond donors (Lipinski definition) is 0. The Morgan fingerprint density at radius 3 is 1.39 bits per heavy atom. The van der Waals surface area contributed by atoms with Crippen LogP contribution in [0, 0.1) is 0 Å². The van der Waals surface area contributed by atoms with E-state index in [1.165, 1.54) is 11.0 Å². The van der Waals surface area contributed by atoms with Gasteiger partial charge in [-0.2, -0.15) is 0 Å². The van der Waals surface area contributed by atoms with Gasteiger partial charge < -0.3 is 9.13 Å². The fourth-order valence-electron chi connectivity index (χ4n) is 4.08. The highest BCUT2D eigenvalue weighted by molar-refractivity contribution is 5.88.